The highest BCUT2D eigenvalue weighted by Crippen LogP contribution is 2.27. The fourth-order valence-electron chi connectivity index (χ4n) is 2.21. The number of likely N-dealkylation sites (tertiary alicyclic amines) is 1. The summed E-state index contributed by atoms with van der Waals surface area (Å²) >= 11 is 0. The van der Waals surface area contributed by atoms with E-state index < -0.39 is 11.4 Å². The van der Waals surface area contributed by atoms with E-state index in [1.165, 1.54) is 0 Å². The summed E-state index contributed by atoms with van der Waals surface area (Å²) in [4.78, 5) is 35.3. The van der Waals surface area contributed by atoms with Crippen molar-refractivity contribution in [3.8, 4) is 0 Å². The largest absolute Gasteiger partial charge is 0.481 e. The first-order valence-electron chi connectivity index (χ1n) is 6.00. The molecule has 0 aromatic heterocycles. The number of hydrogen-bond donors (Lipinski definition) is 2. The number of nitrogens with zero attached hydrogens (tertiary/aromatic N) is 1. The molecule has 6 heteroatoms. The van der Waals surface area contributed by atoms with Crippen LogP contribution in [0.3, 0.4) is 0 Å². The molecule has 0 aromatic rings. The summed E-state index contributed by atoms with van der Waals surface area (Å²) in [7, 11) is 0. The molecular formula is C12H20N2O4. The van der Waals surface area contributed by atoms with Crippen LogP contribution in [-0.2, 0) is 14.4 Å². The van der Waals surface area contributed by atoms with Crippen molar-refractivity contribution in [3.05, 3.63) is 0 Å². The molecule has 0 aliphatic carbocycles. The maximum Gasteiger partial charge on any atom is 0.303 e. The number of rotatable bonds is 5. The highest BCUT2D eigenvalue weighted by molar-refractivity contribution is 5.81. The Morgan fingerprint density at radius 1 is 1.33 bits per heavy atom. The number of amides is 2. The molecule has 1 unspecified atom stereocenters. The zero-order chi connectivity index (χ0) is 13.9. The summed E-state index contributed by atoms with van der Waals surface area (Å²) in [6.07, 6.45) is 0.719. The number of carbonyl (C=O) groups is 3. The molecule has 1 heterocycles. The van der Waals surface area contributed by atoms with Gasteiger partial charge in [-0.3, -0.25) is 14.4 Å². The molecule has 2 amide bonds. The fraction of sp³-hybridized carbons (Fsp3) is 0.750. The second kappa shape index (κ2) is 5.37. The second-order valence-electron chi connectivity index (χ2n) is 5.64. The predicted octanol–water partition coefficient (Wildman–Crippen LogP) is 0.211. The van der Waals surface area contributed by atoms with E-state index >= 15 is 0 Å². The minimum atomic E-state index is -0.913. The van der Waals surface area contributed by atoms with Gasteiger partial charge in [0, 0.05) is 19.5 Å². The van der Waals surface area contributed by atoms with Crippen molar-refractivity contribution >= 4 is 17.8 Å². The van der Waals surface area contributed by atoms with Gasteiger partial charge in [-0.2, -0.15) is 0 Å². The minimum absolute atomic E-state index is 0.0498. The number of primary amides is 1. The maximum atomic E-state index is 12.0. The normalized spacial score (nSPS) is 19.9. The summed E-state index contributed by atoms with van der Waals surface area (Å²) in [6, 6.07) is 0. The number of aliphatic carboxylic acids is 1. The standard InChI is InChI=1S/C12H20N2O4/c1-12(2,6-10(16)17)5-9(15)14-4-3-8(7-14)11(13)18/h8H,3-7H2,1-2H3,(H2,13,18)(H,16,17). The van der Waals surface area contributed by atoms with E-state index in [-0.39, 0.29) is 30.6 Å². The van der Waals surface area contributed by atoms with Crippen LogP contribution in [0.25, 0.3) is 0 Å². The third-order valence-corrected chi connectivity index (χ3v) is 3.20. The molecule has 0 spiro atoms. The van der Waals surface area contributed by atoms with Gasteiger partial charge in [-0.15, -0.1) is 0 Å². The quantitative estimate of drug-likeness (QED) is 0.734. The SMILES string of the molecule is CC(C)(CC(=O)O)CC(=O)N1CCC(C(N)=O)C1. The highest BCUT2D eigenvalue weighted by atomic mass is 16.4. The lowest BCUT2D eigenvalue weighted by Gasteiger charge is -2.25. The fourth-order valence-corrected chi connectivity index (χ4v) is 2.21. The zero-order valence-corrected chi connectivity index (χ0v) is 10.8. The average Bonchev–Trinajstić information content (AvgIpc) is 2.62. The molecule has 1 aliphatic heterocycles. The van der Waals surface area contributed by atoms with E-state index in [0.717, 1.165) is 0 Å². The molecule has 18 heavy (non-hydrogen) atoms. The topological polar surface area (TPSA) is 101 Å². The van der Waals surface area contributed by atoms with E-state index in [1.54, 1.807) is 18.7 Å². The lowest BCUT2D eigenvalue weighted by molar-refractivity contribution is -0.140. The lowest BCUT2D eigenvalue weighted by Crippen LogP contribution is -2.34. The molecule has 0 aromatic carbocycles. The van der Waals surface area contributed by atoms with Gasteiger partial charge in [0.2, 0.25) is 11.8 Å². The van der Waals surface area contributed by atoms with E-state index in [4.69, 9.17) is 10.8 Å². The molecule has 6 nitrogen and oxygen atoms in total. The zero-order valence-electron chi connectivity index (χ0n) is 10.8. The van der Waals surface area contributed by atoms with Gasteiger partial charge in [-0.05, 0) is 11.8 Å². The lowest BCUT2D eigenvalue weighted by atomic mass is 9.85. The monoisotopic (exact) mass is 256 g/mol. The van der Waals surface area contributed by atoms with Crippen molar-refractivity contribution in [2.75, 3.05) is 13.1 Å². The summed E-state index contributed by atoms with van der Waals surface area (Å²) < 4.78 is 0. The smallest absolute Gasteiger partial charge is 0.303 e. The van der Waals surface area contributed by atoms with Crippen LogP contribution in [0, 0.1) is 11.3 Å². The third-order valence-electron chi connectivity index (χ3n) is 3.20. The first kappa shape index (κ1) is 14.5. The highest BCUT2D eigenvalue weighted by Gasteiger charge is 2.33. The van der Waals surface area contributed by atoms with Crippen LogP contribution in [-0.4, -0.2) is 40.9 Å². The van der Waals surface area contributed by atoms with Crippen molar-refractivity contribution in [2.45, 2.75) is 33.1 Å². The van der Waals surface area contributed by atoms with Gasteiger partial charge < -0.3 is 15.7 Å². The van der Waals surface area contributed by atoms with E-state index in [9.17, 15) is 14.4 Å². The molecule has 1 aliphatic rings. The Morgan fingerprint density at radius 3 is 2.39 bits per heavy atom. The molecule has 3 N–H and O–H groups in total. The van der Waals surface area contributed by atoms with Crippen LogP contribution >= 0.6 is 0 Å². The maximum absolute atomic E-state index is 12.0. The summed E-state index contributed by atoms with van der Waals surface area (Å²) in [5.41, 5.74) is 4.62. The van der Waals surface area contributed by atoms with Crippen LogP contribution in [0.4, 0.5) is 0 Å². The first-order valence-corrected chi connectivity index (χ1v) is 6.00. The molecule has 1 fully saturated rings. The van der Waals surface area contributed by atoms with Crippen molar-refractivity contribution in [3.63, 3.8) is 0 Å². The molecule has 0 saturated carbocycles. The Bertz CT molecular complexity index is 365. The average molecular weight is 256 g/mol. The number of carboxylic acid groups (broad SMARTS) is 1. The van der Waals surface area contributed by atoms with Gasteiger partial charge in [0.15, 0.2) is 0 Å². The molecular weight excluding hydrogens is 236 g/mol. The number of hydrogen-bond acceptors (Lipinski definition) is 3. The summed E-state index contributed by atoms with van der Waals surface area (Å²) in [5.74, 6) is -1.67. The molecule has 1 atom stereocenters. The van der Waals surface area contributed by atoms with Gasteiger partial charge in [0.25, 0.3) is 0 Å². The van der Waals surface area contributed by atoms with Crippen LogP contribution in [0.5, 0.6) is 0 Å². The predicted molar refractivity (Wildman–Crippen MR) is 64.5 cm³/mol. The number of carbonyl (C=O) groups excluding carboxylic acids is 2. The van der Waals surface area contributed by atoms with E-state index in [2.05, 4.69) is 0 Å². The van der Waals surface area contributed by atoms with Crippen molar-refractivity contribution < 1.29 is 19.5 Å². The Morgan fingerprint density at radius 2 is 1.94 bits per heavy atom. The van der Waals surface area contributed by atoms with Crippen LogP contribution in [0.1, 0.15) is 33.1 Å². The van der Waals surface area contributed by atoms with Crippen LogP contribution < -0.4 is 5.73 Å². The second-order valence-corrected chi connectivity index (χ2v) is 5.64. The van der Waals surface area contributed by atoms with Crippen molar-refractivity contribution in [2.24, 2.45) is 17.1 Å². The number of nitrogens with two attached hydrogens (primary N) is 1. The van der Waals surface area contributed by atoms with Gasteiger partial charge >= 0.3 is 5.97 Å². The summed E-state index contributed by atoms with van der Waals surface area (Å²) in [6.45, 7) is 4.38. The molecule has 102 valence electrons. The molecule has 1 saturated heterocycles. The van der Waals surface area contributed by atoms with E-state index in [1.807, 2.05) is 0 Å². The molecule has 0 radical (unpaired) electrons. The van der Waals surface area contributed by atoms with Gasteiger partial charge in [0.1, 0.15) is 0 Å². The van der Waals surface area contributed by atoms with Crippen molar-refractivity contribution in [1.29, 1.82) is 0 Å². The Hall–Kier alpha value is -1.59. The molecule has 0 bridgehead atoms. The van der Waals surface area contributed by atoms with Gasteiger partial charge in [0.05, 0.1) is 12.3 Å². The van der Waals surface area contributed by atoms with E-state index in [0.29, 0.717) is 19.5 Å². The first-order chi connectivity index (χ1) is 8.21. The van der Waals surface area contributed by atoms with Gasteiger partial charge in [-0.1, -0.05) is 13.8 Å². The van der Waals surface area contributed by atoms with Crippen LogP contribution in [0.15, 0.2) is 0 Å². The minimum Gasteiger partial charge on any atom is -0.481 e. The van der Waals surface area contributed by atoms with Crippen molar-refractivity contribution in [1.82, 2.24) is 4.90 Å². The Labute approximate surface area is 106 Å². The Kier molecular flexibility index (Phi) is 4.32. The third kappa shape index (κ3) is 4.01. The summed E-state index contributed by atoms with van der Waals surface area (Å²) in [5, 5.41) is 8.76. The Balaban J connectivity index is 2.52. The molecule has 1 rings (SSSR count). The van der Waals surface area contributed by atoms with Gasteiger partial charge in [-0.25, -0.2) is 0 Å². The number of carboxylic acids is 1. The van der Waals surface area contributed by atoms with Crippen LogP contribution in [0.2, 0.25) is 0 Å².